The van der Waals surface area contributed by atoms with Gasteiger partial charge in [-0.05, 0) is 46.0 Å². The second-order valence-corrected chi connectivity index (χ2v) is 5.30. The predicted octanol–water partition coefficient (Wildman–Crippen LogP) is 3.14. The Morgan fingerprint density at radius 1 is 1.35 bits per heavy atom. The first kappa shape index (κ1) is 16.5. The molecule has 1 aromatic carbocycles. The quantitative estimate of drug-likeness (QED) is 0.794. The van der Waals surface area contributed by atoms with E-state index in [1.54, 1.807) is 0 Å². The maximum Gasteiger partial charge on any atom is 0.238 e. The number of carbonyl (C=O) groups excluding carboxylic acids is 1. The summed E-state index contributed by atoms with van der Waals surface area (Å²) < 4.78 is 5.69. The molecule has 1 rings (SSSR count). The fourth-order valence-electron chi connectivity index (χ4n) is 1.87. The molecule has 4 heteroatoms. The molecule has 112 valence electrons. The van der Waals surface area contributed by atoms with E-state index in [1.807, 2.05) is 50.1 Å². The monoisotopic (exact) mass is 278 g/mol. The zero-order valence-electron chi connectivity index (χ0n) is 13.0. The first-order chi connectivity index (χ1) is 9.52. The van der Waals surface area contributed by atoms with Crippen LogP contribution in [0.2, 0.25) is 0 Å². The van der Waals surface area contributed by atoms with E-state index < -0.39 is 0 Å². The first-order valence-corrected chi connectivity index (χ1v) is 7.27. The van der Waals surface area contributed by atoms with Crippen LogP contribution < -0.4 is 10.1 Å². The van der Waals surface area contributed by atoms with Crippen LogP contribution in [0.5, 0.6) is 5.75 Å². The standard InChI is InChI=1S/C16H26N2O2/c1-5-6-11-18(4)12-16(19)17-14-9-7-8-10-15(14)20-13(2)3/h7-10,13H,5-6,11-12H2,1-4H3,(H,17,19). The Labute approximate surface area is 122 Å². The Kier molecular flexibility index (Phi) is 7.09. The minimum absolute atomic E-state index is 0.0107. The fraction of sp³-hybridized carbons (Fsp3) is 0.562. The van der Waals surface area contributed by atoms with Crippen LogP contribution in [0.15, 0.2) is 24.3 Å². The van der Waals surface area contributed by atoms with Gasteiger partial charge in [-0.1, -0.05) is 25.5 Å². The van der Waals surface area contributed by atoms with Crippen molar-refractivity contribution in [1.29, 1.82) is 0 Å². The number of likely N-dealkylation sites (N-methyl/N-ethyl adjacent to an activating group) is 1. The van der Waals surface area contributed by atoms with Gasteiger partial charge in [-0.25, -0.2) is 0 Å². The van der Waals surface area contributed by atoms with Crippen molar-refractivity contribution in [2.24, 2.45) is 0 Å². The lowest BCUT2D eigenvalue weighted by atomic mass is 10.2. The van der Waals surface area contributed by atoms with Crippen molar-refractivity contribution in [2.45, 2.75) is 39.7 Å². The van der Waals surface area contributed by atoms with Gasteiger partial charge in [-0.15, -0.1) is 0 Å². The highest BCUT2D eigenvalue weighted by Gasteiger charge is 2.10. The number of nitrogens with one attached hydrogen (secondary N) is 1. The molecule has 0 aliphatic rings. The molecule has 4 nitrogen and oxygen atoms in total. The van der Waals surface area contributed by atoms with Crippen LogP contribution in [0.4, 0.5) is 5.69 Å². The summed E-state index contributed by atoms with van der Waals surface area (Å²) in [6.07, 6.45) is 2.33. The summed E-state index contributed by atoms with van der Waals surface area (Å²) >= 11 is 0. The van der Waals surface area contributed by atoms with E-state index >= 15 is 0 Å². The van der Waals surface area contributed by atoms with Crippen molar-refractivity contribution in [3.05, 3.63) is 24.3 Å². The molecular formula is C16H26N2O2. The SMILES string of the molecule is CCCCN(C)CC(=O)Nc1ccccc1OC(C)C. The molecule has 1 N–H and O–H groups in total. The second kappa shape index (κ2) is 8.59. The third-order valence-electron chi connectivity index (χ3n) is 2.83. The van der Waals surface area contributed by atoms with Crippen LogP contribution >= 0.6 is 0 Å². The van der Waals surface area contributed by atoms with Crippen molar-refractivity contribution in [3.63, 3.8) is 0 Å². The number of ether oxygens (including phenoxy) is 1. The average Bonchev–Trinajstić information content (AvgIpc) is 2.38. The molecule has 0 unspecified atom stereocenters. The summed E-state index contributed by atoms with van der Waals surface area (Å²) in [5.74, 6) is 0.704. The lowest BCUT2D eigenvalue weighted by molar-refractivity contribution is -0.117. The van der Waals surface area contributed by atoms with Crippen molar-refractivity contribution >= 4 is 11.6 Å². The summed E-state index contributed by atoms with van der Waals surface area (Å²) in [6.45, 7) is 7.42. The number of nitrogens with zero attached hydrogens (tertiary/aromatic N) is 1. The molecule has 20 heavy (non-hydrogen) atoms. The van der Waals surface area contributed by atoms with E-state index in [-0.39, 0.29) is 12.0 Å². The maximum absolute atomic E-state index is 12.0. The molecule has 0 aliphatic heterocycles. The molecule has 1 amide bonds. The largest absolute Gasteiger partial charge is 0.489 e. The summed E-state index contributed by atoms with van der Waals surface area (Å²) in [6, 6.07) is 7.53. The van der Waals surface area contributed by atoms with Crippen molar-refractivity contribution in [1.82, 2.24) is 4.90 Å². The van der Waals surface area contributed by atoms with Gasteiger partial charge in [0.15, 0.2) is 0 Å². The highest BCUT2D eigenvalue weighted by Crippen LogP contribution is 2.24. The number of carbonyl (C=O) groups is 1. The van der Waals surface area contributed by atoms with Gasteiger partial charge in [0, 0.05) is 0 Å². The molecule has 0 aliphatic carbocycles. The van der Waals surface area contributed by atoms with Crippen LogP contribution in [-0.2, 0) is 4.79 Å². The zero-order valence-corrected chi connectivity index (χ0v) is 13.0. The number of benzene rings is 1. The third kappa shape index (κ3) is 6.06. The predicted molar refractivity (Wildman–Crippen MR) is 83.2 cm³/mol. The number of hydrogen-bond acceptors (Lipinski definition) is 3. The molecule has 0 saturated carbocycles. The molecule has 0 atom stereocenters. The van der Waals surface area contributed by atoms with Crippen molar-refractivity contribution in [2.75, 3.05) is 25.5 Å². The van der Waals surface area contributed by atoms with E-state index in [1.165, 1.54) is 0 Å². The lowest BCUT2D eigenvalue weighted by Gasteiger charge is -2.18. The summed E-state index contributed by atoms with van der Waals surface area (Å²) in [5, 5.41) is 2.92. The van der Waals surface area contributed by atoms with Crippen LogP contribution in [0.1, 0.15) is 33.6 Å². The number of rotatable bonds is 8. The Bertz CT molecular complexity index is 419. The third-order valence-corrected chi connectivity index (χ3v) is 2.83. The van der Waals surface area contributed by atoms with Gasteiger partial charge in [0.25, 0.3) is 0 Å². The Balaban J connectivity index is 2.57. The normalized spacial score (nSPS) is 10.9. The highest BCUT2D eigenvalue weighted by atomic mass is 16.5. The molecule has 0 saturated heterocycles. The molecule has 0 bridgehead atoms. The van der Waals surface area contributed by atoms with Crippen LogP contribution in [0.25, 0.3) is 0 Å². The van der Waals surface area contributed by atoms with Crippen LogP contribution in [0.3, 0.4) is 0 Å². The highest BCUT2D eigenvalue weighted by molar-refractivity contribution is 5.93. The van der Waals surface area contributed by atoms with Gasteiger partial charge in [-0.2, -0.15) is 0 Å². The molecule has 0 spiro atoms. The van der Waals surface area contributed by atoms with Gasteiger partial charge < -0.3 is 10.1 Å². The molecule has 0 fully saturated rings. The van der Waals surface area contributed by atoms with E-state index in [2.05, 4.69) is 12.2 Å². The van der Waals surface area contributed by atoms with Gasteiger partial charge in [-0.3, -0.25) is 9.69 Å². The van der Waals surface area contributed by atoms with E-state index in [9.17, 15) is 4.79 Å². The fourth-order valence-corrected chi connectivity index (χ4v) is 1.87. The van der Waals surface area contributed by atoms with Gasteiger partial charge >= 0.3 is 0 Å². The molecule has 0 radical (unpaired) electrons. The minimum Gasteiger partial charge on any atom is -0.489 e. The average molecular weight is 278 g/mol. The molecule has 0 aromatic heterocycles. The van der Waals surface area contributed by atoms with E-state index in [0.29, 0.717) is 12.3 Å². The number of amides is 1. The maximum atomic E-state index is 12.0. The smallest absolute Gasteiger partial charge is 0.238 e. The number of hydrogen-bond donors (Lipinski definition) is 1. The molecule has 0 heterocycles. The Hall–Kier alpha value is -1.55. The molecule has 1 aromatic rings. The Morgan fingerprint density at radius 3 is 2.70 bits per heavy atom. The minimum atomic E-state index is -0.0107. The topological polar surface area (TPSA) is 41.6 Å². The summed E-state index contributed by atoms with van der Waals surface area (Å²) in [7, 11) is 1.96. The second-order valence-electron chi connectivity index (χ2n) is 5.30. The van der Waals surface area contributed by atoms with Crippen LogP contribution in [0, 0.1) is 0 Å². The van der Waals surface area contributed by atoms with E-state index in [0.717, 1.165) is 25.1 Å². The van der Waals surface area contributed by atoms with Gasteiger partial charge in [0.1, 0.15) is 5.75 Å². The number of para-hydroxylation sites is 2. The zero-order chi connectivity index (χ0) is 15.0. The summed E-state index contributed by atoms with van der Waals surface area (Å²) in [4.78, 5) is 14.0. The number of unbranched alkanes of at least 4 members (excludes halogenated alkanes) is 1. The van der Waals surface area contributed by atoms with Crippen molar-refractivity contribution < 1.29 is 9.53 Å². The van der Waals surface area contributed by atoms with Gasteiger partial charge in [0.2, 0.25) is 5.91 Å². The van der Waals surface area contributed by atoms with E-state index in [4.69, 9.17) is 4.74 Å². The number of anilines is 1. The van der Waals surface area contributed by atoms with Crippen molar-refractivity contribution in [3.8, 4) is 5.75 Å². The Morgan fingerprint density at radius 2 is 2.05 bits per heavy atom. The van der Waals surface area contributed by atoms with Gasteiger partial charge in [0.05, 0.1) is 18.3 Å². The first-order valence-electron chi connectivity index (χ1n) is 7.27. The van der Waals surface area contributed by atoms with Crippen LogP contribution in [-0.4, -0.2) is 37.0 Å². The summed E-state index contributed by atoms with van der Waals surface area (Å²) in [5.41, 5.74) is 0.732. The lowest BCUT2D eigenvalue weighted by Crippen LogP contribution is -2.31. The molecular weight excluding hydrogens is 252 g/mol.